The Bertz CT molecular complexity index is 425. The van der Waals surface area contributed by atoms with Crippen molar-refractivity contribution >= 4 is 11.9 Å². The van der Waals surface area contributed by atoms with E-state index in [9.17, 15) is 9.59 Å². The van der Waals surface area contributed by atoms with Gasteiger partial charge in [-0.1, -0.05) is 67.2 Å². The van der Waals surface area contributed by atoms with Crippen LogP contribution in [0, 0.1) is 11.8 Å². The van der Waals surface area contributed by atoms with Crippen molar-refractivity contribution < 1.29 is 19.1 Å². The second-order valence-electron chi connectivity index (χ2n) is 8.73. The minimum atomic E-state index is -0.294. The van der Waals surface area contributed by atoms with E-state index in [1.165, 1.54) is 25.7 Å². The minimum absolute atomic E-state index is 0.0780. The molecule has 0 unspecified atom stereocenters. The Hall–Kier alpha value is -1.06. The summed E-state index contributed by atoms with van der Waals surface area (Å²) in [6.07, 6.45) is 11.1. The van der Waals surface area contributed by atoms with Crippen molar-refractivity contribution in [3.63, 3.8) is 0 Å². The van der Waals surface area contributed by atoms with Crippen LogP contribution in [0.3, 0.4) is 0 Å². The van der Waals surface area contributed by atoms with Gasteiger partial charge in [0.1, 0.15) is 11.2 Å². The van der Waals surface area contributed by atoms with Crippen LogP contribution in [-0.2, 0) is 19.1 Å². The maximum Gasteiger partial charge on any atom is 0.306 e. The van der Waals surface area contributed by atoms with Crippen LogP contribution in [0.5, 0.6) is 0 Å². The number of esters is 2. The molecule has 28 heavy (non-hydrogen) atoms. The highest BCUT2D eigenvalue weighted by atomic mass is 16.6. The summed E-state index contributed by atoms with van der Waals surface area (Å²) in [7, 11) is 0. The molecule has 0 radical (unpaired) electrons. The van der Waals surface area contributed by atoms with E-state index in [1.807, 2.05) is 13.8 Å². The maximum atomic E-state index is 11.9. The molecule has 1 aliphatic rings. The first-order valence-corrected chi connectivity index (χ1v) is 11.7. The number of ether oxygens (including phenoxy) is 2. The number of carbonyl (C=O) groups excluding carboxylic acids is 2. The van der Waals surface area contributed by atoms with E-state index < -0.39 is 0 Å². The standard InChI is InChI=1S/C24H44O4/c1-7-21(25)27-23(9-3,10-4)17-19-13-15-20(16-14-19)18-24(11-5,12-6)28-22(26)8-2/h19-20H,7-18H2,1-6H3. The van der Waals surface area contributed by atoms with Gasteiger partial charge in [0, 0.05) is 12.8 Å². The van der Waals surface area contributed by atoms with Crippen molar-refractivity contribution in [1.29, 1.82) is 0 Å². The molecule has 0 atom stereocenters. The summed E-state index contributed by atoms with van der Waals surface area (Å²) in [5.74, 6) is 1.09. The second-order valence-corrected chi connectivity index (χ2v) is 8.73. The summed E-state index contributed by atoms with van der Waals surface area (Å²) >= 11 is 0. The molecule has 0 aromatic heterocycles. The molecule has 4 heteroatoms. The van der Waals surface area contributed by atoms with Crippen molar-refractivity contribution in [3.8, 4) is 0 Å². The number of hydrogen-bond acceptors (Lipinski definition) is 4. The zero-order valence-electron chi connectivity index (χ0n) is 19.3. The Morgan fingerprint density at radius 1 is 0.643 bits per heavy atom. The van der Waals surface area contributed by atoms with E-state index >= 15 is 0 Å². The summed E-state index contributed by atoms with van der Waals surface area (Å²) in [4.78, 5) is 23.8. The topological polar surface area (TPSA) is 52.6 Å². The lowest BCUT2D eigenvalue weighted by atomic mass is 9.72. The van der Waals surface area contributed by atoms with Crippen LogP contribution >= 0.6 is 0 Å². The SMILES string of the molecule is CCC(=O)OC(CC)(CC)CC1CCC(CC(CC)(CC)OC(=O)CC)CC1. The average Bonchev–Trinajstić information content (AvgIpc) is 2.73. The van der Waals surface area contributed by atoms with Gasteiger partial charge in [-0.15, -0.1) is 0 Å². The largest absolute Gasteiger partial charge is 0.459 e. The average molecular weight is 397 g/mol. The van der Waals surface area contributed by atoms with E-state index in [-0.39, 0.29) is 23.1 Å². The molecule has 0 heterocycles. The molecular weight excluding hydrogens is 352 g/mol. The van der Waals surface area contributed by atoms with Gasteiger partial charge < -0.3 is 9.47 Å². The molecular formula is C24H44O4. The van der Waals surface area contributed by atoms with Crippen LogP contribution in [0.1, 0.15) is 119 Å². The molecule has 0 saturated heterocycles. The summed E-state index contributed by atoms with van der Waals surface area (Å²) < 4.78 is 11.8. The summed E-state index contributed by atoms with van der Waals surface area (Å²) in [5, 5.41) is 0. The molecule has 0 amide bonds. The zero-order chi connectivity index (χ0) is 21.2. The van der Waals surface area contributed by atoms with Crippen LogP contribution in [0.15, 0.2) is 0 Å². The van der Waals surface area contributed by atoms with Gasteiger partial charge in [-0.25, -0.2) is 0 Å². The van der Waals surface area contributed by atoms with Crippen LogP contribution in [-0.4, -0.2) is 23.1 Å². The lowest BCUT2D eigenvalue weighted by Crippen LogP contribution is -2.38. The van der Waals surface area contributed by atoms with Gasteiger partial charge >= 0.3 is 11.9 Å². The fraction of sp³-hybridized carbons (Fsp3) is 0.917. The molecule has 0 aliphatic heterocycles. The second kappa shape index (κ2) is 11.8. The van der Waals surface area contributed by atoms with Crippen molar-refractivity contribution in [2.75, 3.05) is 0 Å². The Morgan fingerprint density at radius 2 is 0.929 bits per heavy atom. The monoisotopic (exact) mass is 396 g/mol. The lowest BCUT2D eigenvalue weighted by molar-refractivity contribution is -0.165. The Labute approximate surface area is 173 Å². The van der Waals surface area contributed by atoms with Crippen molar-refractivity contribution in [1.82, 2.24) is 0 Å². The smallest absolute Gasteiger partial charge is 0.306 e. The van der Waals surface area contributed by atoms with Gasteiger partial charge in [-0.05, 0) is 50.4 Å². The van der Waals surface area contributed by atoms with Gasteiger partial charge in [0.05, 0.1) is 0 Å². The first kappa shape index (κ1) is 25.0. The highest BCUT2D eigenvalue weighted by molar-refractivity contribution is 5.69. The quantitative estimate of drug-likeness (QED) is 0.349. The van der Waals surface area contributed by atoms with Crippen LogP contribution in [0.2, 0.25) is 0 Å². The third-order valence-corrected chi connectivity index (χ3v) is 7.10. The highest BCUT2D eigenvalue weighted by Gasteiger charge is 2.38. The van der Waals surface area contributed by atoms with Gasteiger partial charge in [0.2, 0.25) is 0 Å². The van der Waals surface area contributed by atoms with E-state index in [2.05, 4.69) is 27.7 Å². The van der Waals surface area contributed by atoms with Gasteiger partial charge in [0.25, 0.3) is 0 Å². The van der Waals surface area contributed by atoms with Crippen molar-refractivity contribution in [2.45, 2.75) is 130 Å². The molecule has 1 aliphatic carbocycles. The predicted octanol–water partition coefficient (Wildman–Crippen LogP) is 6.60. The fourth-order valence-electron chi connectivity index (χ4n) is 4.77. The van der Waals surface area contributed by atoms with E-state index in [0.717, 1.165) is 38.5 Å². The number of hydrogen-bond donors (Lipinski definition) is 0. The van der Waals surface area contributed by atoms with Crippen molar-refractivity contribution in [3.05, 3.63) is 0 Å². The van der Waals surface area contributed by atoms with E-state index in [4.69, 9.17) is 9.47 Å². The molecule has 0 bridgehead atoms. The molecule has 0 N–H and O–H groups in total. The molecule has 1 fully saturated rings. The zero-order valence-corrected chi connectivity index (χ0v) is 19.3. The summed E-state index contributed by atoms with van der Waals surface area (Å²) in [6.45, 7) is 12.3. The fourth-order valence-corrected chi connectivity index (χ4v) is 4.77. The molecule has 4 nitrogen and oxygen atoms in total. The highest BCUT2D eigenvalue weighted by Crippen LogP contribution is 2.41. The Morgan fingerprint density at radius 3 is 1.14 bits per heavy atom. The predicted molar refractivity (Wildman–Crippen MR) is 114 cm³/mol. The minimum Gasteiger partial charge on any atom is -0.459 e. The molecule has 0 aromatic carbocycles. The molecule has 1 saturated carbocycles. The van der Waals surface area contributed by atoms with Gasteiger partial charge in [-0.3, -0.25) is 9.59 Å². The third-order valence-electron chi connectivity index (χ3n) is 7.10. The molecule has 0 aromatic rings. The van der Waals surface area contributed by atoms with Gasteiger partial charge in [0.15, 0.2) is 0 Å². The maximum absolute atomic E-state index is 11.9. The molecule has 1 rings (SSSR count). The Kier molecular flexibility index (Phi) is 10.5. The van der Waals surface area contributed by atoms with Crippen LogP contribution < -0.4 is 0 Å². The third kappa shape index (κ3) is 7.08. The number of carbonyl (C=O) groups is 2. The van der Waals surface area contributed by atoms with Crippen LogP contribution in [0.4, 0.5) is 0 Å². The van der Waals surface area contributed by atoms with Crippen molar-refractivity contribution in [2.24, 2.45) is 11.8 Å². The number of rotatable bonds is 12. The van der Waals surface area contributed by atoms with Gasteiger partial charge in [-0.2, -0.15) is 0 Å². The lowest BCUT2D eigenvalue weighted by Gasteiger charge is -2.40. The van der Waals surface area contributed by atoms with E-state index in [0.29, 0.717) is 24.7 Å². The normalized spacial score (nSPS) is 20.6. The molecule has 0 spiro atoms. The van der Waals surface area contributed by atoms with E-state index in [1.54, 1.807) is 0 Å². The molecule has 164 valence electrons. The van der Waals surface area contributed by atoms with Crippen LogP contribution in [0.25, 0.3) is 0 Å². The Balaban J connectivity index is 2.65. The summed E-state index contributed by atoms with van der Waals surface area (Å²) in [5.41, 5.74) is -0.588. The first-order chi connectivity index (χ1) is 13.3. The summed E-state index contributed by atoms with van der Waals surface area (Å²) in [6, 6.07) is 0. The first-order valence-electron chi connectivity index (χ1n) is 11.7.